The molecule has 2 aliphatic rings. The Labute approximate surface area is 474 Å². The van der Waals surface area contributed by atoms with E-state index in [4.69, 9.17) is 0 Å². The number of rotatable bonds is 2. The van der Waals surface area contributed by atoms with Gasteiger partial charge in [-0.05, 0) is 189 Å². The Kier molecular flexibility index (Phi) is 10.3. The van der Waals surface area contributed by atoms with E-state index < -0.39 is 0 Å². The van der Waals surface area contributed by atoms with Crippen LogP contribution in [0.2, 0.25) is 0 Å². The second-order valence-corrected chi connectivity index (χ2v) is 30.4. The van der Waals surface area contributed by atoms with Crippen LogP contribution in [0.15, 0.2) is 146 Å². The quantitative estimate of drug-likeness (QED) is 0.153. The van der Waals surface area contributed by atoms with Gasteiger partial charge in [0, 0.05) is 60.4 Å². The molecule has 14 rings (SSSR count). The second-order valence-electron chi connectivity index (χ2n) is 30.4. The molecule has 0 N–H and O–H groups in total. The van der Waals surface area contributed by atoms with Crippen molar-refractivity contribution in [2.24, 2.45) is 0 Å². The number of fused-ring (bicyclic) bond motifs is 14. The predicted molar refractivity (Wildman–Crippen MR) is 349 cm³/mol. The molecule has 0 spiro atoms. The second kappa shape index (κ2) is 16.2. The number of nitrogens with zero attached hydrogens (tertiary/aromatic N) is 3. The van der Waals surface area contributed by atoms with Gasteiger partial charge in [-0.25, -0.2) is 0 Å². The van der Waals surface area contributed by atoms with E-state index in [9.17, 15) is 0 Å². The van der Waals surface area contributed by atoms with Crippen molar-refractivity contribution in [2.45, 2.75) is 157 Å². The molecular weight excluding hydrogens is 966 g/mol. The van der Waals surface area contributed by atoms with Crippen molar-refractivity contribution in [3.63, 3.8) is 0 Å². The molecule has 4 heteroatoms. The summed E-state index contributed by atoms with van der Waals surface area (Å²) in [5.74, 6) is 0. The number of aromatic nitrogens is 3. The summed E-state index contributed by atoms with van der Waals surface area (Å²) in [5.41, 5.74) is 26.1. The highest BCUT2D eigenvalue weighted by Crippen LogP contribution is 2.46. The minimum absolute atomic E-state index is 0.00784. The van der Waals surface area contributed by atoms with Gasteiger partial charge >= 0.3 is 0 Å². The van der Waals surface area contributed by atoms with Crippen LogP contribution in [-0.4, -0.2) is 20.4 Å². The lowest BCUT2D eigenvalue weighted by Crippen LogP contribution is -2.59. The SMILES string of the molecule is CC(C)(C)c1ccc2c(c1)c1cc(C(C)(C)C)ccc1n2-c1ccc2cccc(-c3cc4c5c(c3)-n3c6ccc(C(C)(C)C)cc6c6cc(C(C)(C)C)cc(c63)B5c3cc(C(C)(C)C)cc5c6cc(C(C)(C)C)ccc6n-4c35)c2c1. The molecule has 3 aromatic heterocycles. The van der Waals surface area contributed by atoms with Crippen LogP contribution in [0.25, 0.3) is 104 Å². The molecule has 0 radical (unpaired) electrons. The molecule has 400 valence electrons. The van der Waals surface area contributed by atoms with Crippen LogP contribution in [0.4, 0.5) is 0 Å². The average molecular weight is 1040 g/mol. The van der Waals surface area contributed by atoms with Gasteiger partial charge in [-0.2, -0.15) is 0 Å². The van der Waals surface area contributed by atoms with E-state index in [-0.39, 0.29) is 39.2 Å². The molecule has 80 heavy (non-hydrogen) atoms. The fourth-order valence-electron chi connectivity index (χ4n) is 13.9. The van der Waals surface area contributed by atoms with Gasteiger partial charge in [0.15, 0.2) is 0 Å². The van der Waals surface area contributed by atoms with Gasteiger partial charge in [-0.15, -0.1) is 0 Å². The van der Waals surface area contributed by atoms with E-state index in [1.807, 2.05) is 0 Å². The van der Waals surface area contributed by atoms with E-state index in [1.165, 1.54) is 154 Å². The van der Waals surface area contributed by atoms with Crippen LogP contribution >= 0.6 is 0 Å². The lowest BCUT2D eigenvalue weighted by molar-refractivity contribution is 0.590. The van der Waals surface area contributed by atoms with Crippen LogP contribution in [0, 0.1) is 0 Å². The summed E-state index contributed by atoms with van der Waals surface area (Å²) in [7, 11) is 0. The molecule has 9 aromatic carbocycles. The fourth-order valence-corrected chi connectivity index (χ4v) is 13.9. The molecule has 0 atom stereocenters. The van der Waals surface area contributed by atoms with Crippen molar-refractivity contribution in [3.05, 3.63) is 179 Å². The number of hydrogen-bond donors (Lipinski definition) is 0. The van der Waals surface area contributed by atoms with Gasteiger partial charge in [0.1, 0.15) is 0 Å². The van der Waals surface area contributed by atoms with Crippen LogP contribution in [0.1, 0.15) is 158 Å². The van der Waals surface area contributed by atoms with E-state index in [0.29, 0.717) is 0 Å². The summed E-state index contributed by atoms with van der Waals surface area (Å²) >= 11 is 0. The molecule has 0 saturated carbocycles. The maximum atomic E-state index is 2.68. The van der Waals surface area contributed by atoms with Crippen LogP contribution < -0.4 is 16.4 Å². The fraction of sp³-hybridized carbons (Fsp3) is 0.316. The van der Waals surface area contributed by atoms with Crippen LogP contribution in [0.3, 0.4) is 0 Å². The van der Waals surface area contributed by atoms with E-state index in [2.05, 4.69) is 284 Å². The van der Waals surface area contributed by atoms with Crippen molar-refractivity contribution >= 4 is 99.3 Å². The van der Waals surface area contributed by atoms with Gasteiger partial charge in [0.05, 0.1) is 22.1 Å². The Morgan fingerprint density at radius 1 is 0.300 bits per heavy atom. The zero-order valence-corrected chi connectivity index (χ0v) is 50.8. The number of hydrogen-bond acceptors (Lipinski definition) is 0. The van der Waals surface area contributed by atoms with E-state index in [0.717, 1.165) is 0 Å². The van der Waals surface area contributed by atoms with Gasteiger partial charge < -0.3 is 13.7 Å². The highest BCUT2D eigenvalue weighted by atomic mass is 15.0. The molecular formula is C76H78BN3. The van der Waals surface area contributed by atoms with Gasteiger partial charge in [0.2, 0.25) is 0 Å². The predicted octanol–water partition coefficient (Wildman–Crippen LogP) is 18.7. The maximum Gasteiger partial charge on any atom is 0.252 e. The van der Waals surface area contributed by atoms with Crippen LogP contribution in [0.5, 0.6) is 0 Å². The maximum absolute atomic E-state index is 2.68. The van der Waals surface area contributed by atoms with Gasteiger partial charge in [-0.3, -0.25) is 0 Å². The first-order valence-electron chi connectivity index (χ1n) is 29.5. The summed E-state index contributed by atoms with van der Waals surface area (Å²) in [6.07, 6.45) is 0. The highest BCUT2D eigenvalue weighted by molar-refractivity contribution is 7.00. The summed E-state index contributed by atoms with van der Waals surface area (Å²) in [4.78, 5) is 0. The third-order valence-corrected chi connectivity index (χ3v) is 18.7. The van der Waals surface area contributed by atoms with E-state index >= 15 is 0 Å². The van der Waals surface area contributed by atoms with Crippen molar-refractivity contribution in [1.29, 1.82) is 0 Å². The first-order valence-corrected chi connectivity index (χ1v) is 29.5. The van der Waals surface area contributed by atoms with Crippen LogP contribution in [-0.2, 0) is 32.5 Å². The first kappa shape index (κ1) is 50.9. The minimum Gasteiger partial charge on any atom is -0.310 e. The van der Waals surface area contributed by atoms with Crippen molar-refractivity contribution in [3.8, 4) is 28.2 Å². The third kappa shape index (κ3) is 7.38. The molecule has 0 saturated heterocycles. The minimum atomic E-state index is -0.0691. The van der Waals surface area contributed by atoms with Crippen molar-refractivity contribution in [2.75, 3.05) is 0 Å². The highest BCUT2D eigenvalue weighted by Gasteiger charge is 2.43. The molecule has 0 fully saturated rings. The Balaban J connectivity index is 1.12. The van der Waals surface area contributed by atoms with E-state index in [1.54, 1.807) is 0 Å². The smallest absolute Gasteiger partial charge is 0.252 e. The summed E-state index contributed by atoms with van der Waals surface area (Å²) < 4.78 is 7.89. The monoisotopic (exact) mass is 1040 g/mol. The van der Waals surface area contributed by atoms with Gasteiger partial charge in [0.25, 0.3) is 6.71 Å². The molecule has 12 aromatic rings. The average Bonchev–Trinajstić information content (AvgIpc) is 4.16. The largest absolute Gasteiger partial charge is 0.310 e. The molecule has 2 aliphatic heterocycles. The summed E-state index contributed by atoms with van der Waals surface area (Å²) in [5, 5.41) is 10.4. The zero-order valence-electron chi connectivity index (χ0n) is 50.8. The summed E-state index contributed by atoms with van der Waals surface area (Å²) in [6, 6.07) is 58.7. The lowest BCUT2D eigenvalue weighted by Gasteiger charge is -2.36. The Morgan fingerprint density at radius 2 is 0.662 bits per heavy atom. The molecule has 0 unspecified atom stereocenters. The molecule has 0 bridgehead atoms. The Bertz CT molecular complexity index is 4440. The summed E-state index contributed by atoms with van der Waals surface area (Å²) in [6.45, 7) is 42.4. The first-order chi connectivity index (χ1) is 37.4. The Hall–Kier alpha value is -7.30. The molecule has 0 amide bonds. The van der Waals surface area contributed by atoms with Gasteiger partial charge in [-0.1, -0.05) is 185 Å². The molecule has 3 nitrogen and oxygen atoms in total. The normalized spacial score (nSPS) is 14.1. The third-order valence-electron chi connectivity index (χ3n) is 18.7. The lowest BCUT2D eigenvalue weighted by atomic mass is 9.34. The standard InChI is InChI=1S/C76H78BN3/c1-71(2,3)45-23-28-62-54(34-45)55-35-46(72(4,5)6)24-29-63(55)78(62)51-27-22-43-20-19-21-52(53(43)42-51)44-32-66-68-67(33-44)80-65-31-26-48(74(10,11)12)37-57(65)59-39-50(76(16,17)18)41-61(70(59)80)77(68)60-40-49(75(13,14)15)38-58-56-36-47(73(7,8)9)25-30-64(56)79(66)69(58)60/h19-42H,1-18H3. The molecule has 5 heterocycles. The number of benzene rings is 9. The van der Waals surface area contributed by atoms with Crippen molar-refractivity contribution in [1.82, 2.24) is 13.7 Å². The molecule has 0 aliphatic carbocycles. The Morgan fingerprint density at radius 3 is 1.05 bits per heavy atom. The van der Waals surface area contributed by atoms with Crippen molar-refractivity contribution < 1.29 is 0 Å². The zero-order chi connectivity index (χ0) is 56.4. The topological polar surface area (TPSA) is 14.8 Å².